The predicted octanol–water partition coefficient (Wildman–Crippen LogP) is 2.49. The second-order valence-corrected chi connectivity index (χ2v) is 6.43. The van der Waals surface area contributed by atoms with Gasteiger partial charge >= 0.3 is 0 Å². The molecule has 0 aromatic heterocycles. The van der Waals surface area contributed by atoms with Crippen molar-refractivity contribution in [3.63, 3.8) is 0 Å². The maximum absolute atomic E-state index is 13.4. The van der Waals surface area contributed by atoms with Crippen LogP contribution in [0.4, 0.5) is 4.39 Å². The van der Waals surface area contributed by atoms with Gasteiger partial charge in [-0.25, -0.2) is 12.8 Å². The van der Waals surface area contributed by atoms with Crippen LogP contribution in [-0.4, -0.2) is 14.0 Å². The Bertz CT molecular complexity index is 511. The molecule has 0 heterocycles. The fourth-order valence-electron chi connectivity index (χ4n) is 0.918. The topological polar surface area (TPSA) is 55.4 Å². The Balaban J connectivity index is 2.98. The molecule has 0 bridgehead atoms. The molecule has 96 valence electrons. The molecule has 4 nitrogen and oxygen atoms in total. The van der Waals surface area contributed by atoms with Gasteiger partial charge in [0.25, 0.3) is 10.0 Å². The van der Waals surface area contributed by atoms with Gasteiger partial charge in [-0.1, -0.05) is 16.5 Å². The van der Waals surface area contributed by atoms with Gasteiger partial charge in [-0.3, -0.25) is 4.84 Å². The summed E-state index contributed by atoms with van der Waals surface area (Å²) >= 11 is 5.53. The number of halogens is 2. The van der Waals surface area contributed by atoms with Crippen LogP contribution in [0.15, 0.2) is 23.1 Å². The number of hydrogen-bond donors (Lipinski definition) is 1. The Hall–Kier alpha value is -0.690. The fourth-order valence-corrected chi connectivity index (χ4v) is 2.09. The summed E-state index contributed by atoms with van der Waals surface area (Å²) in [5.74, 6) is -0.928. The summed E-state index contributed by atoms with van der Waals surface area (Å²) in [5, 5.41) is 0.123. The molecule has 0 aliphatic carbocycles. The number of sulfonamides is 1. The molecule has 0 spiro atoms. The highest BCUT2D eigenvalue weighted by Gasteiger charge is 2.22. The van der Waals surface area contributed by atoms with Gasteiger partial charge in [-0.2, -0.15) is 0 Å². The third-order valence-corrected chi connectivity index (χ3v) is 3.09. The van der Waals surface area contributed by atoms with E-state index in [1.807, 2.05) is 4.89 Å². The highest BCUT2D eigenvalue weighted by atomic mass is 35.5. The van der Waals surface area contributed by atoms with Crippen molar-refractivity contribution >= 4 is 21.6 Å². The molecular formula is C10H13ClFNO3S. The van der Waals surface area contributed by atoms with E-state index < -0.39 is 26.3 Å². The molecule has 1 rings (SSSR count). The molecule has 1 N–H and O–H groups in total. The maximum Gasteiger partial charge on any atom is 0.265 e. The lowest BCUT2D eigenvalue weighted by Crippen LogP contribution is -2.34. The van der Waals surface area contributed by atoms with E-state index in [-0.39, 0.29) is 5.02 Å². The van der Waals surface area contributed by atoms with Crippen LogP contribution in [0.5, 0.6) is 0 Å². The lowest BCUT2D eigenvalue weighted by Gasteiger charge is -2.19. The van der Waals surface area contributed by atoms with Crippen LogP contribution in [0.25, 0.3) is 0 Å². The second-order valence-electron chi connectivity index (χ2n) is 4.38. The molecule has 17 heavy (non-hydrogen) atoms. The molecule has 0 atom stereocenters. The zero-order valence-corrected chi connectivity index (χ0v) is 11.2. The summed E-state index contributed by atoms with van der Waals surface area (Å²) in [5.41, 5.74) is -0.712. The Morgan fingerprint density at radius 1 is 1.35 bits per heavy atom. The summed E-state index contributed by atoms with van der Waals surface area (Å²) in [7, 11) is -4.05. The highest BCUT2D eigenvalue weighted by molar-refractivity contribution is 7.89. The number of benzene rings is 1. The van der Waals surface area contributed by atoms with Crippen molar-refractivity contribution in [2.75, 3.05) is 0 Å². The van der Waals surface area contributed by atoms with Gasteiger partial charge in [0.2, 0.25) is 0 Å². The van der Waals surface area contributed by atoms with E-state index in [1.165, 1.54) is 6.07 Å². The summed E-state index contributed by atoms with van der Waals surface area (Å²) in [6, 6.07) is 3.29. The van der Waals surface area contributed by atoms with Gasteiger partial charge < -0.3 is 0 Å². The zero-order chi connectivity index (χ0) is 13.3. The van der Waals surface area contributed by atoms with Gasteiger partial charge in [-0.05, 0) is 39.0 Å². The van der Waals surface area contributed by atoms with E-state index in [0.717, 1.165) is 12.1 Å². The van der Waals surface area contributed by atoms with Crippen molar-refractivity contribution in [1.29, 1.82) is 0 Å². The van der Waals surface area contributed by atoms with Gasteiger partial charge in [0.05, 0.1) is 5.60 Å². The minimum absolute atomic E-state index is 0.123. The monoisotopic (exact) mass is 281 g/mol. The summed E-state index contributed by atoms with van der Waals surface area (Å²) in [4.78, 5) is 6.25. The summed E-state index contributed by atoms with van der Waals surface area (Å²) < 4.78 is 36.8. The van der Waals surface area contributed by atoms with E-state index >= 15 is 0 Å². The average molecular weight is 282 g/mol. The molecule has 0 saturated heterocycles. The number of rotatable bonds is 3. The quantitative estimate of drug-likeness (QED) is 0.866. The standard InChI is InChI=1S/C10H13ClFNO3S/c1-10(2,3)16-13-17(14,15)9-5-4-7(11)6-8(9)12/h4-6,13H,1-3H3. The van der Waals surface area contributed by atoms with E-state index in [2.05, 4.69) is 0 Å². The van der Waals surface area contributed by atoms with Crippen molar-refractivity contribution in [2.24, 2.45) is 0 Å². The fraction of sp³-hybridized carbons (Fsp3) is 0.400. The largest absolute Gasteiger partial charge is 0.281 e. The molecule has 0 amide bonds. The minimum atomic E-state index is -4.05. The normalized spacial score (nSPS) is 12.8. The molecule has 0 aliphatic heterocycles. The van der Waals surface area contributed by atoms with Crippen LogP contribution in [0.1, 0.15) is 20.8 Å². The van der Waals surface area contributed by atoms with Crippen molar-refractivity contribution in [1.82, 2.24) is 4.89 Å². The Kier molecular flexibility index (Phi) is 4.14. The second kappa shape index (κ2) is 4.89. The molecule has 0 fully saturated rings. The van der Waals surface area contributed by atoms with E-state index in [1.54, 1.807) is 20.8 Å². The summed E-state index contributed by atoms with van der Waals surface area (Å²) in [6.07, 6.45) is 0. The Morgan fingerprint density at radius 2 is 1.94 bits per heavy atom. The third-order valence-electron chi connectivity index (χ3n) is 1.64. The zero-order valence-electron chi connectivity index (χ0n) is 9.62. The highest BCUT2D eigenvalue weighted by Crippen LogP contribution is 2.19. The lowest BCUT2D eigenvalue weighted by atomic mass is 10.2. The summed E-state index contributed by atoms with van der Waals surface area (Å²) in [6.45, 7) is 4.98. The van der Waals surface area contributed by atoms with Crippen LogP contribution in [-0.2, 0) is 14.9 Å². The predicted molar refractivity (Wildman–Crippen MR) is 62.6 cm³/mol. The van der Waals surface area contributed by atoms with E-state index in [9.17, 15) is 12.8 Å². The van der Waals surface area contributed by atoms with Crippen LogP contribution < -0.4 is 4.89 Å². The Morgan fingerprint density at radius 3 is 2.41 bits per heavy atom. The lowest BCUT2D eigenvalue weighted by molar-refractivity contribution is -0.0358. The van der Waals surface area contributed by atoms with Crippen molar-refractivity contribution < 1.29 is 17.6 Å². The third kappa shape index (κ3) is 4.23. The minimum Gasteiger partial charge on any atom is -0.281 e. The molecule has 0 unspecified atom stereocenters. The first-order chi connectivity index (χ1) is 7.62. The van der Waals surface area contributed by atoms with Crippen LogP contribution in [0.3, 0.4) is 0 Å². The average Bonchev–Trinajstić information content (AvgIpc) is 2.13. The SMILES string of the molecule is CC(C)(C)ONS(=O)(=O)c1ccc(Cl)cc1F. The van der Waals surface area contributed by atoms with Crippen LogP contribution in [0.2, 0.25) is 5.02 Å². The first-order valence-corrected chi connectivity index (χ1v) is 6.63. The van der Waals surface area contributed by atoms with Crippen molar-refractivity contribution in [3.8, 4) is 0 Å². The van der Waals surface area contributed by atoms with E-state index in [0.29, 0.717) is 0 Å². The molecule has 1 aromatic rings. The number of hydrogen-bond acceptors (Lipinski definition) is 3. The van der Waals surface area contributed by atoms with Gasteiger partial charge in [0.1, 0.15) is 10.7 Å². The smallest absolute Gasteiger partial charge is 0.265 e. The van der Waals surface area contributed by atoms with Crippen LogP contribution in [0, 0.1) is 5.82 Å². The molecular weight excluding hydrogens is 269 g/mol. The van der Waals surface area contributed by atoms with Gasteiger partial charge in [0.15, 0.2) is 0 Å². The molecule has 0 saturated carbocycles. The van der Waals surface area contributed by atoms with Crippen LogP contribution >= 0.6 is 11.6 Å². The first kappa shape index (κ1) is 14.4. The van der Waals surface area contributed by atoms with Gasteiger partial charge in [-0.15, -0.1) is 0 Å². The molecule has 1 aromatic carbocycles. The van der Waals surface area contributed by atoms with Crippen molar-refractivity contribution in [3.05, 3.63) is 29.0 Å². The van der Waals surface area contributed by atoms with E-state index in [4.69, 9.17) is 16.4 Å². The van der Waals surface area contributed by atoms with Gasteiger partial charge in [0, 0.05) is 5.02 Å². The first-order valence-electron chi connectivity index (χ1n) is 4.77. The molecule has 0 radical (unpaired) electrons. The Labute approximate surface area is 105 Å². The maximum atomic E-state index is 13.4. The molecule has 0 aliphatic rings. The van der Waals surface area contributed by atoms with Crippen molar-refractivity contribution in [2.45, 2.75) is 31.3 Å². The molecule has 7 heteroatoms. The number of nitrogens with one attached hydrogen (secondary N) is 1.